The van der Waals surface area contributed by atoms with Gasteiger partial charge in [-0.15, -0.1) is 0 Å². The number of halogens is 1. The maximum absolute atomic E-state index is 13.6. The molecule has 0 unspecified atom stereocenters. The molecule has 2 aliphatic carbocycles. The molecule has 2 aromatic rings. The Morgan fingerprint density at radius 3 is 2.77 bits per heavy atom. The van der Waals surface area contributed by atoms with Crippen LogP contribution in [0.5, 0.6) is 5.75 Å². The van der Waals surface area contributed by atoms with Crippen LogP contribution in [0.15, 0.2) is 53.4 Å². The molecule has 1 N–H and O–H groups in total. The smallest absolute Gasteiger partial charge is 0.264 e. The maximum atomic E-state index is 13.6. The number of rotatable bonds is 3. The number of hydrogen-bond acceptors (Lipinski definition) is 7. The van der Waals surface area contributed by atoms with Crippen LogP contribution in [0.25, 0.3) is 0 Å². The first-order valence-corrected chi connectivity index (χ1v) is 17.1. The Kier molecular flexibility index (Phi) is 8.79. The Labute approximate surface area is 259 Å². The van der Waals surface area contributed by atoms with E-state index in [1.165, 1.54) is 24.3 Å². The van der Waals surface area contributed by atoms with E-state index < -0.39 is 21.8 Å². The van der Waals surface area contributed by atoms with Gasteiger partial charge in [0.25, 0.3) is 10.0 Å². The first-order valence-electron chi connectivity index (χ1n) is 15.3. The van der Waals surface area contributed by atoms with Gasteiger partial charge in [0.15, 0.2) is 0 Å². The number of anilines is 1. The summed E-state index contributed by atoms with van der Waals surface area (Å²) < 4.78 is 47.2. The van der Waals surface area contributed by atoms with E-state index in [0.29, 0.717) is 43.6 Å². The van der Waals surface area contributed by atoms with E-state index in [4.69, 9.17) is 25.8 Å². The zero-order valence-corrected chi connectivity index (χ0v) is 26.5. The topological polar surface area (TPSA) is 94.2 Å². The number of nitrogens with zero attached hydrogens (tertiary/aromatic N) is 1. The van der Waals surface area contributed by atoms with Gasteiger partial charge in [-0.25, -0.2) is 13.1 Å². The molecule has 0 radical (unpaired) electrons. The SMILES string of the molecule is COC[C@@H]1CCC=C[C@@H](OC)[C@@H]2CC[C@H]2CN2C[C@@]3(CCCc4cc(Cl)ccc43)COc3ccc(cc32)S(=O)(=O)NC1=O. The van der Waals surface area contributed by atoms with Crippen LogP contribution in [0.2, 0.25) is 5.02 Å². The van der Waals surface area contributed by atoms with E-state index in [9.17, 15) is 13.2 Å². The van der Waals surface area contributed by atoms with Gasteiger partial charge in [-0.1, -0.05) is 29.8 Å². The number of fused-ring (bicyclic) bond motifs is 4. The lowest BCUT2D eigenvalue weighted by Gasteiger charge is -2.46. The van der Waals surface area contributed by atoms with Gasteiger partial charge in [0.05, 0.1) is 35.8 Å². The van der Waals surface area contributed by atoms with Crippen molar-refractivity contribution in [1.82, 2.24) is 4.72 Å². The highest BCUT2D eigenvalue weighted by molar-refractivity contribution is 7.90. The van der Waals surface area contributed by atoms with Gasteiger partial charge in [-0.05, 0) is 98.2 Å². The monoisotopic (exact) mass is 628 g/mol. The van der Waals surface area contributed by atoms with Crippen LogP contribution in [0.4, 0.5) is 5.69 Å². The number of sulfonamides is 1. The quantitative estimate of drug-likeness (QED) is 0.463. The highest BCUT2D eigenvalue weighted by Gasteiger charge is 2.44. The molecule has 1 fully saturated rings. The third-order valence-corrected chi connectivity index (χ3v) is 11.5. The predicted molar refractivity (Wildman–Crippen MR) is 166 cm³/mol. The molecule has 0 aromatic heterocycles. The van der Waals surface area contributed by atoms with Crippen molar-refractivity contribution in [2.24, 2.45) is 17.8 Å². The molecule has 1 amide bonds. The van der Waals surface area contributed by atoms with Gasteiger partial charge in [0.2, 0.25) is 5.91 Å². The molecule has 232 valence electrons. The van der Waals surface area contributed by atoms with Gasteiger partial charge in [-0.2, -0.15) is 0 Å². The molecule has 2 aliphatic heterocycles. The molecular weight excluding hydrogens is 588 g/mol. The summed E-state index contributed by atoms with van der Waals surface area (Å²) in [5.41, 5.74) is 2.99. The minimum atomic E-state index is -4.12. The molecule has 1 saturated carbocycles. The van der Waals surface area contributed by atoms with Gasteiger partial charge in [-0.3, -0.25) is 4.79 Å². The summed E-state index contributed by atoms with van der Waals surface area (Å²) in [5, 5.41) is 0.735. The number of carbonyl (C=O) groups excluding carboxylic acids is 1. The zero-order chi connectivity index (χ0) is 30.2. The fourth-order valence-corrected chi connectivity index (χ4v) is 8.75. The minimum absolute atomic E-state index is 0.0257. The summed E-state index contributed by atoms with van der Waals surface area (Å²) in [6, 6.07) is 11.1. The Morgan fingerprint density at radius 2 is 2.00 bits per heavy atom. The second kappa shape index (κ2) is 12.4. The minimum Gasteiger partial charge on any atom is -0.490 e. The number of aryl methyl sites for hydroxylation is 1. The van der Waals surface area contributed by atoms with Crippen molar-refractivity contribution in [2.45, 2.75) is 61.4 Å². The van der Waals surface area contributed by atoms with E-state index in [-0.39, 0.29) is 23.0 Å². The molecule has 2 aromatic carbocycles. The summed E-state index contributed by atoms with van der Waals surface area (Å²) >= 11 is 6.40. The standard InChI is InChI=1S/C33H41ClN2O6S/c1-40-19-24-6-3-4-8-30(41-2)27-12-9-23(27)18-36-20-33(15-5-7-22-16-25(34)10-13-28(22)33)21-42-31-14-11-26(17-29(31)36)43(38,39)35-32(24)37/h4,8,10-11,13-14,16-17,23-24,27,30H,3,5-7,9,12,15,18-21H2,1-2H3,(H,35,37)/t23-,24-,27+,30+,33-/m0/s1. The lowest BCUT2D eigenvalue weighted by Crippen LogP contribution is -2.49. The fraction of sp³-hybridized carbons (Fsp3) is 0.545. The van der Waals surface area contributed by atoms with Crippen molar-refractivity contribution in [2.75, 3.05) is 45.4 Å². The number of benzene rings is 2. The fourth-order valence-electron chi connectivity index (χ4n) is 7.49. The van der Waals surface area contributed by atoms with Gasteiger partial charge in [0.1, 0.15) is 5.75 Å². The second-order valence-electron chi connectivity index (χ2n) is 12.6. The Bertz CT molecular complexity index is 1500. The van der Waals surface area contributed by atoms with Crippen LogP contribution in [-0.4, -0.2) is 61.0 Å². The molecule has 0 saturated heterocycles. The van der Waals surface area contributed by atoms with Crippen molar-refractivity contribution in [3.8, 4) is 5.75 Å². The van der Waals surface area contributed by atoms with E-state index >= 15 is 0 Å². The summed E-state index contributed by atoms with van der Waals surface area (Å²) in [4.78, 5) is 15.5. The predicted octanol–water partition coefficient (Wildman–Crippen LogP) is 5.27. The summed E-state index contributed by atoms with van der Waals surface area (Å²) in [6.45, 7) is 2.07. The van der Waals surface area contributed by atoms with E-state index in [2.05, 4.69) is 33.9 Å². The number of allylic oxidation sites excluding steroid dienone is 1. The second-order valence-corrected chi connectivity index (χ2v) is 14.7. The third-order valence-electron chi connectivity index (χ3n) is 9.93. The first kappa shape index (κ1) is 30.4. The Balaban J connectivity index is 1.43. The van der Waals surface area contributed by atoms with Crippen LogP contribution >= 0.6 is 11.6 Å². The highest BCUT2D eigenvalue weighted by Crippen LogP contribution is 2.47. The molecule has 6 rings (SSSR count). The largest absolute Gasteiger partial charge is 0.490 e. The third kappa shape index (κ3) is 6.06. The van der Waals surface area contributed by atoms with Crippen molar-refractivity contribution >= 4 is 33.2 Å². The lowest BCUT2D eigenvalue weighted by molar-refractivity contribution is -0.125. The number of amides is 1. The van der Waals surface area contributed by atoms with E-state index in [1.807, 2.05) is 6.07 Å². The Hall–Kier alpha value is -2.59. The van der Waals surface area contributed by atoms with Crippen molar-refractivity contribution in [3.63, 3.8) is 0 Å². The number of carbonyl (C=O) groups is 1. The van der Waals surface area contributed by atoms with Gasteiger partial charge < -0.3 is 19.1 Å². The normalized spacial score (nSPS) is 30.3. The van der Waals surface area contributed by atoms with Crippen LogP contribution in [0.3, 0.4) is 0 Å². The van der Waals surface area contributed by atoms with E-state index in [1.54, 1.807) is 19.2 Å². The average molecular weight is 629 g/mol. The van der Waals surface area contributed by atoms with Gasteiger partial charge >= 0.3 is 0 Å². The molecule has 1 spiro atoms. The van der Waals surface area contributed by atoms with Crippen LogP contribution in [-0.2, 0) is 36.1 Å². The van der Waals surface area contributed by atoms with Crippen LogP contribution in [0, 0.1) is 17.8 Å². The van der Waals surface area contributed by atoms with Crippen LogP contribution < -0.4 is 14.4 Å². The first-order chi connectivity index (χ1) is 20.7. The van der Waals surface area contributed by atoms with Crippen molar-refractivity contribution < 1.29 is 27.4 Å². The molecule has 2 heterocycles. The zero-order valence-electron chi connectivity index (χ0n) is 24.9. The summed E-state index contributed by atoms with van der Waals surface area (Å²) in [5.74, 6) is 0.208. The molecule has 4 aliphatic rings. The lowest BCUT2D eigenvalue weighted by atomic mass is 9.68. The van der Waals surface area contributed by atoms with Gasteiger partial charge in [0, 0.05) is 37.7 Å². The number of nitrogens with one attached hydrogen (secondary N) is 1. The Morgan fingerprint density at radius 1 is 1.14 bits per heavy atom. The molecule has 43 heavy (non-hydrogen) atoms. The molecule has 2 bridgehead atoms. The molecule has 5 atom stereocenters. The van der Waals surface area contributed by atoms with E-state index in [0.717, 1.165) is 49.4 Å². The summed E-state index contributed by atoms with van der Waals surface area (Å²) in [7, 11) is -0.849. The summed E-state index contributed by atoms with van der Waals surface area (Å²) in [6.07, 6.45) is 10.3. The maximum Gasteiger partial charge on any atom is 0.264 e. The number of methoxy groups -OCH3 is 2. The van der Waals surface area contributed by atoms with Crippen molar-refractivity contribution in [1.29, 1.82) is 0 Å². The number of ether oxygens (including phenoxy) is 3. The molecule has 10 heteroatoms. The molecular formula is C33H41ClN2O6S. The van der Waals surface area contributed by atoms with Crippen LogP contribution in [0.1, 0.15) is 49.7 Å². The van der Waals surface area contributed by atoms with Crippen molar-refractivity contribution in [3.05, 3.63) is 64.7 Å². The highest BCUT2D eigenvalue weighted by atomic mass is 35.5. The average Bonchev–Trinajstić information content (AvgIpc) is 3.12. The molecule has 8 nitrogen and oxygen atoms in total. The number of hydrogen-bond donors (Lipinski definition) is 1.